The molecule has 0 aromatic heterocycles. The van der Waals surface area contributed by atoms with Crippen molar-refractivity contribution in [2.24, 2.45) is 17.3 Å². The third kappa shape index (κ3) is 3.02. The van der Waals surface area contributed by atoms with Crippen LogP contribution in [-0.2, 0) is 9.53 Å². The Hall–Kier alpha value is -1.63. The van der Waals surface area contributed by atoms with Crippen LogP contribution in [0.25, 0.3) is 0 Å². The van der Waals surface area contributed by atoms with Gasteiger partial charge in [-0.1, -0.05) is 12.2 Å². The van der Waals surface area contributed by atoms with Gasteiger partial charge in [-0.25, -0.2) is 0 Å². The molecule has 2 bridgehead atoms. The number of esters is 1. The summed E-state index contributed by atoms with van der Waals surface area (Å²) in [4.78, 5) is 11.9. The van der Waals surface area contributed by atoms with Crippen molar-refractivity contribution in [3.05, 3.63) is 12.2 Å². The highest BCUT2D eigenvalue weighted by molar-refractivity contribution is 5.80. The summed E-state index contributed by atoms with van der Waals surface area (Å²) in [7, 11) is 0. The molecule has 0 heterocycles. The third-order valence-corrected chi connectivity index (χ3v) is 4.85. The lowest BCUT2D eigenvalue weighted by atomic mass is 9.75. The number of rotatable bonds is 5. The highest BCUT2D eigenvalue weighted by Gasteiger charge is 2.82. The Morgan fingerprint density at radius 1 is 0.893 bits per heavy atom. The van der Waals surface area contributed by atoms with Crippen molar-refractivity contribution in [3.8, 4) is 0 Å². The van der Waals surface area contributed by atoms with Crippen LogP contribution < -0.4 is 0 Å². The molecule has 1 fully saturated rings. The second kappa shape index (κ2) is 6.18. The lowest BCUT2D eigenvalue weighted by Crippen LogP contribution is -2.62. The first kappa shape index (κ1) is 22.7. The highest BCUT2D eigenvalue weighted by atomic mass is 19.4. The largest absolute Gasteiger partial charge is 0.460 e. The summed E-state index contributed by atoms with van der Waals surface area (Å²) in [5, 5.41) is 0. The van der Waals surface area contributed by atoms with Crippen LogP contribution in [0.4, 0.5) is 52.7 Å². The van der Waals surface area contributed by atoms with E-state index in [2.05, 4.69) is 4.74 Å². The maximum absolute atomic E-state index is 13.4. The minimum Gasteiger partial charge on any atom is -0.458 e. The van der Waals surface area contributed by atoms with E-state index < -0.39 is 66.4 Å². The summed E-state index contributed by atoms with van der Waals surface area (Å²) in [6, 6.07) is 0. The number of ether oxygens (including phenoxy) is 1. The summed E-state index contributed by atoms with van der Waals surface area (Å²) in [6.45, 7) is -3.09. The van der Waals surface area contributed by atoms with E-state index in [-0.39, 0.29) is 6.42 Å². The molecule has 0 aliphatic heterocycles. The van der Waals surface area contributed by atoms with Crippen LogP contribution in [0, 0.1) is 17.3 Å². The second-order valence-corrected chi connectivity index (χ2v) is 6.59. The standard InChI is InChI=1S/C14H10F12O2/c15-10(16,11(17,18)12(19,20)14(24,25)26)5-28-8(27)9(13(21,22)23)4-6-1-2-7(9)3-6/h1-2,6-7H,3-5H2. The molecule has 0 saturated heterocycles. The Bertz CT molecular complexity index is 662. The maximum atomic E-state index is 13.4. The van der Waals surface area contributed by atoms with E-state index >= 15 is 0 Å². The second-order valence-electron chi connectivity index (χ2n) is 6.59. The average molecular weight is 438 g/mol. The van der Waals surface area contributed by atoms with Gasteiger partial charge in [0.1, 0.15) is 0 Å². The molecular weight excluding hydrogens is 428 g/mol. The van der Waals surface area contributed by atoms with Crippen molar-refractivity contribution < 1.29 is 62.2 Å². The number of hydrogen-bond donors (Lipinski definition) is 0. The quantitative estimate of drug-likeness (QED) is 0.338. The van der Waals surface area contributed by atoms with E-state index in [9.17, 15) is 57.5 Å². The van der Waals surface area contributed by atoms with Gasteiger partial charge in [0.25, 0.3) is 0 Å². The molecule has 2 rings (SSSR count). The number of carbonyl (C=O) groups is 1. The topological polar surface area (TPSA) is 26.3 Å². The Morgan fingerprint density at radius 3 is 1.79 bits per heavy atom. The predicted molar refractivity (Wildman–Crippen MR) is 65.7 cm³/mol. The summed E-state index contributed by atoms with van der Waals surface area (Å²) in [5.74, 6) is -25.4. The van der Waals surface area contributed by atoms with E-state index in [1.165, 1.54) is 6.08 Å². The van der Waals surface area contributed by atoms with Crippen LogP contribution in [0.2, 0.25) is 0 Å². The van der Waals surface area contributed by atoms with Crippen molar-refractivity contribution in [1.29, 1.82) is 0 Å². The van der Waals surface area contributed by atoms with Gasteiger partial charge >= 0.3 is 36.1 Å². The normalized spacial score (nSPS) is 28.7. The van der Waals surface area contributed by atoms with Gasteiger partial charge in [-0.05, 0) is 18.8 Å². The molecule has 0 aromatic rings. The fourth-order valence-electron chi connectivity index (χ4n) is 3.32. The molecule has 0 spiro atoms. The summed E-state index contributed by atoms with van der Waals surface area (Å²) < 4.78 is 158. The van der Waals surface area contributed by atoms with Crippen molar-refractivity contribution in [1.82, 2.24) is 0 Å². The first-order valence-corrected chi connectivity index (χ1v) is 7.44. The predicted octanol–water partition coefficient (Wildman–Crippen LogP) is 5.14. The Labute approximate surface area is 148 Å². The summed E-state index contributed by atoms with van der Waals surface area (Å²) in [5.41, 5.74) is -3.37. The van der Waals surface area contributed by atoms with Gasteiger partial charge in [0.15, 0.2) is 12.0 Å². The molecule has 28 heavy (non-hydrogen) atoms. The van der Waals surface area contributed by atoms with Crippen molar-refractivity contribution in [3.63, 3.8) is 0 Å². The van der Waals surface area contributed by atoms with Gasteiger partial charge in [0.2, 0.25) is 0 Å². The zero-order valence-electron chi connectivity index (χ0n) is 13.3. The van der Waals surface area contributed by atoms with Crippen LogP contribution in [0.5, 0.6) is 0 Å². The van der Waals surface area contributed by atoms with E-state index in [1.54, 1.807) is 0 Å². The fourth-order valence-corrected chi connectivity index (χ4v) is 3.32. The molecule has 1 saturated carbocycles. The molecule has 162 valence electrons. The molecule has 2 aliphatic carbocycles. The number of alkyl halides is 12. The number of allylic oxidation sites excluding steroid dienone is 2. The Morgan fingerprint density at radius 2 is 1.43 bits per heavy atom. The van der Waals surface area contributed by atoms with Crippen molar-refractivity contribution in [2.75, 3.05) is 6.61 Å². The minimum absolute atomic E-state index is 0.215. The lowest BCUT2D eigenvalue weighted by Gasteiger charge is -2.36. The zero-order chi connectivity index (χ0) is 22.0. The highest BCUT2D eigenvalue weighted by Crippen LogP contribution is 2.60. The maximum Gasteiger partial charge on any atom is 0.460 e. The van der Waals surface area contributed by atoms with Crippen LogP contribution >= 0.6 is 0 Å². The molecular formula is C14H10F12O2. The molecule has 3 unspecified atom stereocenters. The monoisotopic (exact) mass is 438 g/mol. The number of halogens is 12. The zero-order valence-corrected chi connectivity index (χ0v) is 13.3. The molecule has 2 aliphatic rings. The van der Waals surface area contributed by atoms with Crippen LogP contribution in [0.3, 0.4) is 0 Å². The first-order chi connectivity index (χ1) is 12.3. The molecule has 3 atom stereocenters. The number of fused-ring (bicyclic) bond motifs is 2. The SMILES string of the molecule is O=C(OCC(F)(F)C(F)(F)C(F)(F)C(F)(F)F)C1(C(F)(F)F)CC2C=CC1C2. The number of carbonyl (C=O) groups excluding carboxylic acids is 1. The Kier molecular flexibility index (Phi) is 5.00. The average Bonchev–Trinajstić information content (AvgIpc) is 3.11. The van der Waals surface area contributed by atoms with Gasteiger partial charge in [-0.2, -0.15) is 52.7 Å². The van der Waals surface area contributed by atoms with Gasteiger partial charge in [-0.3, -0.25) is 4.79 Å². The van der Waals surface area contributed by atoms with Crippen molar-refractivity contribution >= 4 is 5.97 Å². The fraction of sp³-hybridized carbons (Fsp3) is 0.786. The summed E-state index contributed by atoms with van der Waals surface area (Å²) >= 11 is 0. The Balaban J connectivity index is 2.24. The molecule has 2 nitrogen and oxygen atoms in total. The van der Waals surface area contributed by atoms with Crippen LogP contribution in [0.15, 0.2) is 12.2 Å². The van der Waals surface area contributed by atoms with Gasteiger partial charge in [-0.15, -0.1) is 0 Å². The van der Waals surface area contributed by atoms with Gasteiger partial charge in [0.05, 0.1) is 0 Å². The minimum atomic E-state index is -7.23. The van der Waals surface area contributed by atoms with E-state index in [1.807, 2.05) is 0 Å². The van der Waals surface area contributed by atoms with Crippen LogP contribution in [0.1, 0.15) is 12.8 Å². The molecule has 14 heteroatoms. The lowest BCUT2D eigenvalue weighted by molar-refractivity contribution is -0.399. The molecule has 0 radical (unpaired) electrons. The van der Waals surface area contributed by atoms with Crippen LogP contribution in [-0.4, -0.2) is 42.7 Å². The first-order valence-electron chi connectivity index (χ1n) is 7.44. The van der Waals surface area contributed by atoms with E-state index in [0.717, 1.165) is 6.08 Å². The molecule has 0 amide bonds. The van der Waals surface area contributed by atoms with Crippen molar-refractivity contribution in [2.45, 2.75) is 43.0 Å². The van der Waals surface area contributed by atoms with Gasteiger partial charge in [0, 0.05) is 5.92 Å². The van der Waals surface area contributed by atoms with E-state index in [4.69, 9.17) is 0 Å². The van der Waals surface area contributed by atoms with Gasteiger partial charge < -0.3 is 4.74 Å². The summed E-state index contributed by atoms with van der Waals surface area (Å²) in [6.07, 6.45) is -11.3. The molecule has 0 N–H and O–H groups in total. The third-order valence-electron chi connectivity index (χ3n) is 4.85. The molecule has 0 aromatic carbocycles. The number of hydrogen-bond acceptors (Lipinski definition) is 2. The smallest absolute Gasteiger partial charge is 0.458 e. The van der Waals surface area contributed by atoms with E-state index in [0.29, 0.717) is 0 Å².